The molecule has 5 rings (SSSR count). The molecule has 0 saturated carbocycles. The molecule has 1 unspecified atom stereocenters. The number of Topliss-reactive ketones (excluding diaryl/α,β-unsaturated/α-hetero) is 1. The number of aryl methyl sites for hydroxylation is 2. The largest absolute Gasteiger partial charge is 0.378 e. The number of hydrogen-bond acceptors (Lipinski definition) is 5. The predicted molar refractivity (Wildman–Crippen MR) is 168 cm³/mol. The third kappa shape index (κ3) is 6.33. The summed E-state index contributed by atoms with van der Waals surface area (Å²) in [6.07, 6.45) is 0. The fourth-order valence-electron chi connectivity index (χ4n) is 5.12. The molecule has 0 aromatic heterocycles. The van der Waals surface area contributed by atoms with Gasteiger partial charge in [0.2, 0.25) is 5.91 Å². The van der Waals surface area contributed by atoms with E-state index in [1.54, 1.807) is 24.3 Å². The molecule has 0 radical (unpaired) electrons. The number of ketones is 1. The molecule has 218 valence electrons. The SMILES string of the molecule is Cc1ccc(CN(C(=O)CN2C(=O)C(=O)c3ccccc32)C(C(=O)Nc2ccc(N(C)C)cc2)c2ccc(C)cc2)cc1. The molecule has 8 nitrogen and oxygen atoms in total. The Morgan fingerprint density at radius 1 is 0.791 bits per heavy atom. The van der Waals surface area contributed by atoms with Crippen LogP contribution >= 0.6 is 0 Å². The van der Waals surface area contributed by atoms with Crippen LogP contribution in [0.3, 0.4) is 0 Å². The average Bonchev–Trinajstić information content (AvgIpc) is 3.23. The second-order valence-electron chi connectivity index (χ2n) is 11.0. The van der Waals surface area contributed by atoms with Crippen molar-refractivity contribution >= 4 is 40.6 Å². The Balaban J connectivity index is 1.53. The summed E-state index contributed by atoms with van der Waals surface area (Å²) in [4.78, 5) is 58.6. The number of rotatable bonds is 9. The van der Waals surface area contributed by atoms with Gasteiger partial charge in [-0.25, -0.2) is 0 Å². The van der Waals surface area contributed by atoms with Crippen LogP contribution in [0.5, 0.6) is 0 Å². The van der Waals surface area contributed by atoms with E-state index >= 15 is 0 Å². The Bertz CT molecular complexity index is 1660. The summed E-state index contributed by atoms with van der Waals surface area (Å²) in [6, 6.07) is 28.2. The molecule has 8 heteroatoms. The van der Waals surface area contributed by atoms with Gasteiger partial charge >= 0.3 is 0 Å². The predicted octanol–water partition coefficient (Wildman–Crippen LogP) is 5.31. The summed E-state index contributed by atoms with van der Waals surface area (Å²) in [5.74, 6) is -2.28. The van der Waals surface area contributed by atoms with E-state index < -0.39 is 29.5 Å². The van der Waals surface area contributed by atoms with Crippen molar-refractivity contribution in [2.75, 3.05) is 35.8 Å². The molecule has 1 atom stereocenters. The molecule has 3 amide bonds. The fourth-order valence-corrected chi connectivity index (χ4v) is 5.12. The number of anilines is 3. The smallest absolute Gasteiger partial charge is 0.299 e. The van der Waals surface area contributed by atoms with Gasteiger partial charge in [0.05, 0.1) is 11.3 Å². The summed E-state index contributed by atoms with van der Waals surface area (Å²) < 4.78 is 0. The summed E-state index contributed by atoms with van der Waals surface area (Å²) in [7, 11) is 3.87. The van der Waals surface area contributed by atoms with Crippen LogP contribution in [0, 0.1) is 13.8 Å². The lowest BCUT2D eigenvalue weighted by atomic mass is 10.0. The van der Waals surface area contributed by atoms with Crippen LogP contribution in [0.2, 0.25) is 0 Å². The molecule has 4 aromatic rings. The van der Waals surface area contributed by atoms with Crippen molar-refractivity contribution < 1.29 is 19.2 Å². The highest BCUT2D eigenvalue weighted by Crippen LogP contribution is 2.31. The van der Waals surface area contributed by atoms with Crippen molar-refractivity contribution in [1.82, 2.24) is 4.90 Å². The van der Waals surface area contributed by atoms with Gasteiger partial charge in [-0.05, 0) is 61.4 Å². The number of hydrogen-bond donors (Lipinski definition) is 1. The molecular weight excluding hydrogens is 540 g/mol. The maximum atomic E-state index is 14.2. The minimum atomic E-state index is -1.02. The highest BCUT2D eigenvalue weighted by atomic mass is 16.2. The molecule has 1 aliphatic heterocycles. The number of benzene rings is 4. The minimum Gasteiger partial charge on any atom is -0.378 e. The van der Waals surface area contributed by atoms with E-state index in [2.05, 4.69) is 5.32 Å². The zero-order chi connectivity index (χ0) is 30.7. The van der Waals surface area contributed by atoms with Crippen molar-refractivity contribution in [2.45, 2.75) is 26.4 Å². The van der Waals surface area contributed by atoms with E-state index in [9.17, 15) is 19.2 Å². The Morgan fingerprint density at radius 3 is 2.02 bits per heavy atom. The highest BCUT2D eigenvalue weighted by Gasteiger charge is 2.39. The van der Waals surface area contributed by atoms with Crippen LogP contribution in [0.25, 0.3) is 0 Å². The van der Waals surface area contributed by atoms with Crippen molar-refractivity contribution in [1.29, 1.82) is 0 Å². The van der Waals surface area contributed by atoms with Crippen LogP contribution in [-0.4, -0.2) is 49.0 Å². The standard InChI is InChI=1S/C35H34N4O4/c1-23-9-13-25(14-10-23)21-39(31(40)22-38-30-8-6-5-7-29(30)33(41)35(38)43)32(26-15-11-24(2)12-16-26)34(42)36-27-17-19-28(20-18-27)37(3)4/h5-20,32H,21-22H2,1-4H3,(H,36,42). The highest BCUT2D eigenvalue weighted by molar-refractivity contribution is 6.52. The molecular formula is C35H34N4O4. The van der Waals surface area contributed by atoms with Crippen LogP contribution in [0.1, 0.15) is 38.7 Å². The van der Waals surface area contributed by atoms with Gasteiger partial charge in [-0.2, -0.15) is 0 Å². The molecule has 0 saturated heterocycles. The van der Waals surface area contributed by atoms with Crippen LogP contribution in [-0.2, 0) is 20.9 Å². The lowest BCUT2D eigenvalue weighted by Crippen LogP contribution is -2.46. The zero-order valence-corrected chi connectivity index (χ0v) is 24.7. The van der Waals surface area contributed by atoms with E-state index in [4.69, 9.17) is 0 Å². The summed E-state index contributed by atoms with van der Waals surface area (Å²) in [5, 5.41) is 2.99. The maximum Gasteiger partial charge on any atom is 0.299 e. The topological polar surface area (TPSA) is 90.0 Å². The van der Waals surface area contributed by atoms with Gasteiger partial charge in [0, 0.05) is 32.0 Å². The van der Waals surface area contributed by atoms with Crippen LogP contribution in [0.15, 0.2) is 97.1 Å². The normalized spacial score (nSPS) is 13.0. The van der Waals surface area contributed by atoms with E-state index in [1.165, 1.54) is 9.80 Å². The quantitative estimate of drug-likeness (QED) is 0.274. The molecule has 1 heterocycles. The third-order valence-corrected chi connectivity index (χ3v) is 7.57. The molecule has 43 heavy (non-hydrogen) atoms. The van der Waals surface area contributed by atoms with Gasteiger partial charge in [-0.1, -0.05) is 71.8 Å². The van der Waals surface area contributed by atoms with Crippen molar-refractivity contribution in [3.05, 3.63) is 125 Å². The van der Waals surface area contributed by atoms with Crippen molar-refractivity contribution in [3.63, 3.8) is 0 Å². The van der Waals surface area contributed by atoms with Crippen LogP contribution in [0.4, 0.5) is 17.1 Å². The van der Waals surface area contributed by atoms with Crippen molar-refractivity contribution in [2.24, 2.45) is 0 Å². The van der Waals surface area contributed by atoms with E-state index in [0.29, 0.717) is 16.9 Å². The van der Waals surface area contributed by atoms with E-state index in [0.717, 1.165) is 22.4 Å². The van der Waals surface area contributed by atoms with Gasteiger partial charge in [0.1, 0.15) is 12.6 Å². The van der Waals surface area contributed by atoms with E-state index in [1.807, 2.05) is 106 Å². The summed E-state index contributed by atoms with van der Waals surface area (Å²) in [6.45, 7) is 3.65. The molecule has 4 aromatic carbocycles. The Kier molecular flexibility index (Phi) is 8.39. The van der Waals surface area contributed by atoms with Gasteiger partial charge in [0.15, 0.2) is 0 Å². The summed E-state index contributed by atoms with van der Waals surface area (Å²) >= 11 is 0. The van der Waals surface area contributed by atoms with E-state index in [-0.39, 0.29) is 18.7 Å². The number of para-hydroxylation sites is 1. The van der Waals surface area contributed by atoms with Gasteiger partial charge in [0.25, 0.3) is 17.6 Å². The number of nitrogens with zero attached hydrogens (tertiary/aromatic N) is 3. The first-order chi connectivity index (χ1) is 20.6. The Labute approximate surface area is 251 Å². The second kappa shape index (κ2) is 12.3. The first-order valence-corrected chi connectivity index (χ1v) is 14.1. The first-order valence-electron chi connectivity index (χ1n) is 14.1. The molecule has 1 N–H and O–H groups in total. The fraction of sp³-hybridized carbons (Fsp3) is 0.200. The summed E-state index contributed by atoms with van der Waals surface area (Å²) in [5.41, 5.74) is 5.74. The Hall–Kier alpha value is -5.24. The zero-order valence-electron chi connectivity index (χ0n) is 24.7. The molecule has 0 spiro atoms. The lowest BCUT2D eigenvalue weighted by molar-refractivity contribution is -0.139. The second-order valence-corrected chi connectivity index (χ2v) is 11.0. The maximum absolute atomic E-state index is 14.2. The van der Waals surface area contributed by atoms with Gasteiger partial charge < -0.3 is 15.1 Å². The number of carbonyl (C=O) groups excluding carboxylic acids is 4. The van der Waals surface area contributed by atoms with Gasteiger partial charge in [-0.3, -0.25) is 24.1 Å². The number of fused-ring (bicyclic) bond motifs is 1. The number of amides is 3. The molecule has 0 fully saturated rings. The average molecular weight is 575 g/mol. The van der Waals surface area contributed by atoms with Crippen LogP contribution < -0.4 is 15.1 Å². The number of nitrogens with one attached hydrogen (secondary N) is 1. The van der Waals surface area contributed by atoms with Gasteiger partial charge in [-0.15, -0.1) is 0 Å². The Morgan fingerprint density at radius 2 is 1.40 bits per heavy atom. The molecule has 0 aliphatic carbocycles. The monoisotopic (exact) mass is 574 g/mol. The molecule has 1 aliphatic rings. The lowest BCUT2D eigenvalue weighted by Gasteiger charge is -2.33. The van der Waals surface area contributed by atoms with Crippen molar-refractivity contribution in [3.8, 4) is 0 Å². The minimum absolute atomic E-state index is 0.113. The first kappa shape index (κ1) is 29.3. The molecule has 0 bridgehead atoms. The number of carbonyl (C=O) groups is 4. The third-order valence-electron chi connectivity index (χ3n) is 7.57.